The van der Waals surface area contributed by atoms with Gasteiger partial charge in [0.05, 0.1) is 5.75 Å². The van der Waals surface area contributed by atoms with Crippen molar-refractivity contribution < 1.29 is 4.79 Å². The molecule has 0 saturated heterocycles. The molecule has 0 spiro atoms. The highest BCUT2D eigenvalue weighted by atomic mass is 79.9. The Morgan fingerprint density at radius 3 is 2.78 bits per heavy atom. The van der Waals surface area contributed by atoms with E-state index in [0.29, 0.717) is 11.0 Å². The maximum atomic E-state index is 12.0. The number of nitrogens with one attached hydrogen (secondary N) is 1. The van der Waals surface area contributed by atoms with Crippen LogP contribution in [0.5, 0.6) is 0 Å². The van der Waals surface area contributed by atoms with E-state index in [4.69, 9.17) is 0 Å². The van der Waals surface area contributed by atoms with Crippen LogP contribution in [0, 0.1) is 0 Å². The Kier molecular flexibility index (Phi) is 5.04. The number of pyridine rings is 1. The summed E-state index contributed by atoms with van der Waals surface area (Å²) in [5.41, 5.74) is 0.954. The number of carbonyl (C=O) groups excluding carboxylic acids is 1. The van der Waals surface area contributed by atoms with Crippen molar-refractivity contribution in [2.24, 2.45) is 0 Å². The van der Waals surface area contributed by atoms with Crippen LogP contribution in [-0.2, 0) is 4.79 Å². The van der Waals surface area contributed by atoms with Crippen LogP contribution in [-0.4, -0.2) is 31.4 Å². The molecule has 23 heavy (non-hydrogen) atoms. The summed E-state index contributed by atoms with van der Waals surface area (Å²) in [4.78, 5) is 16.1. The van der Waals surface area contributed by atoms with Crippen LogP contribution >= 0.6 is 27.7 Å². The molecule has 8 heteroatoms. The van der Waals surface area contributed by atoms with Gasteiger partial charge in [-0.25, -0.2) is 4.98 Å². The van der Waals surface area contributed by atoms with Gasteiger partial charge in [-0.1, -0.05) is 30.0 Å². The predicted molar refractivity (Wildman–Crippen MR) is 92.6 cm³/mol. The standard InChI is InChI=1S/C15H12BrN5OS/c16-11-6-7-13(17-8-11)19-14(22)9-23-15-20-18-10-21(15)12-4-2-1-3-5-12/h1-8,10H,9H2,(H,17,19,22). The first-order chi connectivity index (χ1) is 11.2. The number of anilines is 1. The Labute approximate surface area is 145 Å². The molecule has 1 N–H and O–H groups in total. The average molecular weight is 390 g/mol. The van der Waals surface area contributed by atoms with E-state index >= 15 is 0 Å². The second-order valence-electron chi connectivity index (χ2n) is 4.52. The van der Waals surface area contributed by atoms with Crippen LogP contribution in [0.15, 0.2) is 64.6 Å². The first-order valence-electron chi connectivity index (χ1n) is 6.72. The summed E-state index contributed by atoms with van der Waals surface area (Å²) in [5.74, 6) is 0.597. The number of halogens is 1. The van der Waals surface area contributed by atoms with Gasteiger partial charge in [0.15, 0.2) is 5.16 Å². The van der Waals surface area contributed by atoms with Crippen LogP contribution in [0.25, 0.3) is 5.69 Å². The molecule has 0 atom stereocenters. The van der Waals surface area contributed by atoms with Gasteiger partial charge in [0, 0.05) is 16.4 Å². The molecule has 0 unspecified atom stereocenters. The second-order valence-corrected chi connectivity index (χ2v) is 6.38. The van der Waals surface area contributed by atoms with Crippen molar-refractivity contribution in [3.8, 4) is 5.69 Å². The van der Waals surface area contributed by atoms with E-state index in [1.807, 2.05) is 41.0 Å². The predicted octanol–water partition coefficient (Wildman–Crippen LogP) is 3.16. The number of nitrogens with zero attached hydrogens (tertiary/aromatic N) is 4. The smallest absolute Gasteiger partial charge is 0.236 e. The number of para-hydroxylation sites is 1. The van der Waals surface area contributed by atoms with Crippen molar-refractivity contribution in [1.29, 1.82) is 0 Å². The Hall–Kier alpha value is -2.19. The van der Waals surface area contributed by atoms with Gasteiger partial charge in [0.1, 0.15) is 12.1 Å². The molecular formula is C15H12BrN5OS. The minimum atomic E-state index is -0.146. The lowest BCUT2D eigenvalue weighted by Gasteiger charge is -2.06. The fraction of sp³-hybridized carbons (Fsp3) is 0.0667. The van der Waals surface area contributed by atoms with Crippen molar-refractivity contribution in [1.82, 2.24) is 19.7 Å². The van der Waals surface area contributed by atoms with Gasteiger partial charge in [-0.3, -0.25) is 9.36 Å². The van der Waals surface area contributed by atoms with Crippen LogP contribution < -0.4 is 5.32 Å². The average Bonchev–Trinajstić information content (AvgIpc) is 3.04. The van der Waals surface area contributed by atoms with Crippen molar-refractivity contribution in [2.75, 3.05) is 11.1 Å². The molecule has 2 heterocycles. The Morgan fingerprint density at radius 2 is 2.04 bits per heavy atom. The normalized spacial score (nSPS) is 10.5. The van der Waals surface area contributed by atoms with Crippen LogP contribution in [0.4, 0.5) is 5.82 Å². The number of aromatic nitrogens is 4. The third kappa shape index (κ3) is 4.17. The molecule has 0 radical (unpaired) electrons. The zero-order valence-electron chi connectivity index (χ0n) is 11.9. The van der Waals surface area contributed by atoms with Gasteiger partial charge in [0.2, 0.25) is 5.91 Å². The molecule has 0 fully saturated rings. The molecule has 6 nitrogen and oxygen atoms in total. The van der Waals surface area contributed by atoms with E-state index in [1.54, 1.807) is 18.6 Å². The zero-order valence-corrected chi connectivity index (χ0v) is 14.3. The summed E-state index contributed by atoms with van der Waals surface area (Å²) in [6.45, 7) is 0. The molecule has 1 amide bonds. The number of rotatable bonds is 5. The van der Waals surface area contributed by atoms with Crippen LogP contribution in [0.1, 0.15) is 0 Å². The van der Waals surface area contributed by atoms with Gasteiger partial charge < -0.3 is 5.32 Å². The zero-order chi connectivity index (χ0) is 16.1. The topological polar surface area (TPSA) is 72.7 Å². The lowest BCUT2D eigenvalue weighted by atomic mass is 10.3. The SMILES string of the molecule is O=C(CSc1nncn1-c1ccccc1)Nc1ccc(Br)cn1. The fourth-order valence-corrected chi connectivity index (χ4v) is 2.81. The van der Waals surface area contributed by atoms with Crippen molar-refractivity contribution >= 4 is 39.4 Å². The molecule has 0 aliphatic rings. The minimum absolute atomic E-state index is 0.146. The summed E-state index contributed by atoms with van der Waals surface area (Å²) in [6, 6.07) is 13.3. The minimum Gasteiger partial charge on any atom is -0.310 e. The first kappa shape index (κ1) is 15.7. The van der Waals surface area contributed by atoms with E-state index in [9.17, 15) is 4.79 Å². The molecule has 2 aromatic heterocycles. The van der Waals surface area contributed by atoms with Crippen molar-refractivity contribution in [3.05, 3.63) is 59.5 Å². The molecule has 0 bridgehead atoms. The third-order valence-corrected chi connectivity index (χ3v) is 4.29. The maximum Gasteiger partial charge on any atom is 0.236 e. The van der Waals surface area contributed by atoms with Gasteiger partial charge in [0.25, 0.3) is 0 Å². The summed E-state index contributed by atoms with van der Waals surface area (Å²) < 4.78 is 2.70. The van der Waals surface area contributed by atoms with Crippen molar-refractivity contribution in [2.45, 2.75) is 5.16 Å². The van der Waals surface area contributed by atoms with Gasteiger partial charge in [-0.05, 0) is 40.2 Å². The van der Waals surface area contributed by atoms with E-state index in [-0.39, 0.29) is 11.7 Å². The molecular weight excluding hydrogens is 378 g/mol. The van der Waals surface area contributed by atoms with Crippen molar-refractivity contribution in [3.63, 3.8) is 0 Å². The van der Waals surface area contributed by atoms with Crippen LogP contribution in [0.2, 0.25) is 0 Å². The van der Waals surface area contributed by atoms with Gasteiger partial charge in [-0.2, -0.15) is 0 Å². The largest absolute Gasteiger partial charge is 0.310 e. The van der Waals surface area contributed by atoms with Gasteiger partial charge >= 0.3 is 0 Å². The number of hydrogen-bond donors (Lipinski definition) is 1. The highest BCUT2D eigenvalue weighted by molar-refractivity contribution is 9.10. The number of hydrogen-bond acceptors (Lipinski definition) is 5. The Balaban J connectivity index is 1.62. The second kappa shape index (κ2) is 7.38. The van der Waals surface area contributed by atoms with Crippen LogP contribution in [0.3, 0.4) is 0 Å². The molecule has 0 aliphatic heterocycles. The van der Waals surface area contributed by atoms with Gasteiger partial charge in [-0.15, -0.1) is 10.2 Å². The Bertz CT molecular complexity index is 791. The summed E-state index contributed by atoms with van der Waals surface area (Å²) >= 11 is 4.62. The maximum absolute atomic E-state index is 12.0. The number of amides is 1. The summed E-state index contributed by atoms with van der Waals surface area (Å²) in [7, 11) is 0. The van der Waals surface area contributed by atoms with E-state index < -0.39 is 0 Å². The lowest BCUT2D eigenvalue weighted by molar-refractivity contribution is -0.113. The molecule has 1 aromatic carbocycles. The lowest BCUT2D eigenvalue weighted by Crippen LogP contribution is -2.15. The van der Waals surface area contributed by atoms with E-state index in [2.05, 4.69) is 36.4 Å². The van der Waals surface area contributed by atoms with E-state index in [1.165, 1.54) is 11.8 Å². The third-order valence-electron chi connectivity index (χ3n) is 2.88. The highest BCUT2D eigenvalue weighted by Crippen LogP contribution is 2.19. The highest BCUT2D eigenvalue weighted by Gasteiger charge is 2.10. The first-order valence-corrected chi connectivity index (χ1v) is 8.50. The molecule has 0 aliphatic carbocycles. The number of thioether (sulfide) groups is 1. The quantitative estimate of drug-likeness (QED) is 0.678. The monoisotopic (exact) mass is 389 g/mol. The molecule has 3 rings (SSSR count). The molecule has 0 saturated carbocycles. The fourth-order valence-electron chi connectivity index (χ4n) is 1.85. The van der Waals surface area contributed by atoms with E-state index in [0.717, 1.165) is 10.2 Å². The molecule has 116 valence electrons. The molecule has 3 aromatic rings. The Morgan fingerprint density at radius 1 is 1.22 bits per heavy atom. The number of benzene rings is 1. The summed E-state index contributed by atoms with van der Waals surface area (Å²) in [5, 5.41) is 11.4. The number of carbonyl (C=O) groups is 1. The summed E-state index contributed by atoms with van der Waals surface area (Å²) in [6.07, 6.45) is 3.26.